The van der Waals surface area contributed by atoms with Crippen molar-refractivity contribution in [3.8, 4) is 16.3 Å². The Morgan fingerprint density at radius 1 is 1.16 bits per heavy atom. The summed E-state index contributed by atoms with van der Waals surface area (Å²) in [6, 6.07) is 10.00. The lowest BCUT2D eigenvalue weighted by atomic mass is 10.2. The lowest BCUT2D eigenvalue weighted by Crippen LogP contribution is -2.09. The molecule has 0 aliphatic rings. The topological polar surface area (TPSA) is 47.0 Å². The van der Waals surface area contributed by atoms with Gasteiger partial charge in [0, 0.05) is 22.8 Å². The smallest absolute Gasteiger partial charge is 0.433 e. The van der Waals surface area contributed by atoms with E-state index in [1.807, 2.05) is 29.6 Å². The van der Waals surface area contributed by atoms with Gasteiger partial charge in [-0.25, -0.2) is 4.98 Å². The SMILES string of the molecule is COc1ccc(-c2nc(CNc3ccnc(C(F)(F)F)c3)cs2)cc1. The highest BCUT2D eigenvalue weighted by Crippen LogP contribution is 2.29. The highest BCUT2D eigenvalue weighted by molar-refractivity contribution is 7.13. The van der Waals surface area contributed by atoms with E-state index in [1.54, 1.807) is 7.11 Å². The highest BCUT2D eigenvalue weighted by Gasteiger charge is 2.32. The number of alkyl halides is 3. The number of anilines is 1. The molecule has 0 unspecified atom stereocenters. The van der Waals surface area contributed by atoms with Crippen LogP contribution in [-0.2, 0) is 12.7 Å². The summed E-state index contributed by atoms with van der Waals surface area (Å²) < 4.78 is 43.1. The van der Waals surface area contributed by atoms with Crippen LogP contribution < -0.4 is 10.1 Å². The molecule has 0 aliphatic heterocycles. The summed E-state index contributed by atoms with van der Waals surface area (Å²) in [7, 11) is 1.60. The first kappa shape index (κ1) is 17.2. The molecule has 3 aromatic rings. The normalized spacial score (nSPS) is 11.4. The summed E-state index contributed by atoms with van der Waals surface area (Å²) in [5.41, 5.74) is 1.14. The first-order chi connectivity index (χ1) is 12.0. The average Bonchev–Trinajstić information content (AvgIpc) is 3.08. The molecule has 0 spiro atoms. The summed E-state index contributed by atoms with van der Waals surface area (Å²) in [4.78, 5) is 7.83. The fraction of sp³-hybridized carbons (Fsp3) is 0.176. The minimum absolute atomic E-state index is 0.327. The molecule has 0 atom stereocenters. The first-order valence-corrected chi connectivity index (χ1v) is 8.19. The van der Waals surface area contributed by atoms with Crippen LogP contribution in [-0.4, -0.2) is 17.1 Å². The van der Waals surface area contributed by atoms with Crippen LogP contribution in [0.25, 0.3) is 10.6 Å². The van der Waals surface area contributed by atoms with Crippen molar-refractivity contribution in [1.29, 1.82) is 0 Å². The molecule has 2 aromatic heterocycles. The van der Waals surface area contributed by atoms with Crippen LogP contribution in [0.2, 0.25) is 0 Å². The predicted molar refractivity (Wildman–Crippen MR) is 90.7 cm³/mol. The Morgan fingerprint density at radius 3 is 2.60 bits per heavy atom. The number of nitrogens with zero attached hydrogens (tertiary/aromatic N) is 2. The van der Waals surface area contributed by atoms with Crippen LogP contribution in [0.3, 0.4) is 0 Å². The number of pyridine rings is 1. The molecule has 0 aliphatic carbocycles. The molecule has 0 amide bonds. The molecule has 3 rings (SSSR count). The van der Waals surface area contributed by atoms with Gasteiger partial charge >= 0.3 is 6.18 Å². The van der Waals surface area contributed by atoms with E-state index in [0.29, 0.717) is 12.2 Å². The van der Waals surface area contributed by atoms with Crippen molar-refractivity contribution in [3.05, 3.63) is 59.4 Å². The van der Waals surface area contributed by atoms with Crippen molar-refractivity contribution in [2.45, 2.75) is 12.7 Å². The summed E-state index contributed by atoms with van der Waals surface area (Å²) in [6.07, 6.45) is -3.32. The number of methoxy groups -OCH3 is 1. The Hall–Kier alpha value is -2.61. The number of nitrogens with one attached hydrogen (secondary N) is 1. The second-order valence-corrected chi connectivity index (χ2v) is 6.01. The Kier molecular flexibility index (Phi) is 4.89. The Bertz CT molecular complexity index is 847. The van der Waals surface area contributed by atoms with Crippen LogP contribution in [0.1, 0.15) is 11.4 Å². The summed E-state index contributed by atoms with van der Waals surface area (Å²) in [5.74, 6) is 0.764. The third-order valence-corrected chi connectivity index (χ3v) is 4.35. The number of hydrogen-bond donors (Lipinski definition) is 1. The van der Waals surface area contributed by atoms with Crippen molar-refractivity contribution in [1.82, 2.24) is 9.97 Å². The van der Waals surface area contributed by atoms with Gasteiger partial charge in [0.1, 0.15) is 16.5 Å². The fourth-order valence-electron chi connectivity index (χ4n) is 2.14. The molecule has 0 fully saturated rings. The van der Waals surface area contributed by atoms with Gasteiger partial charge in [0.15, 0.2) is 0 Å². The molecule has 2 heterocycles. The standard InChI is InChI=1S/C17H14F3N3OS/c1-24-14-4-2-11(3-5-14)16-23-13(10-25-16)9-22-12-6-7-21-15(8-12)17(18,19)20/h2-8,10H,9H2,1H3,(H,21,22). The van der Waals surface area contributed by atoms with Gasteiger partial charge in [-0.05, 0) is 36.4 Å². The van der Waals surface area contributed by atoms with Gasteiger partial charge in [-0.15, -0.1) is 11.3 Å². The lowest BCUT2D eigenvalue weighted by Gasteiger charge is -2.08. The molecule has 4 nitrogen and oxygen atoms in total. The molecule has 1 N–H and O–H groups in total. The first-order valence-electron chi connectivity index (χ1n) is 7.31. The number of benzene rings is 1. The van der Waals surface area contributed by atoms with Crippen molar-refractivity contribution in [2.75, 3.05) is 12.4 Å². The number of thiazole rings is 1. The molecule has 130 valence electrons. The quantitative estimate of drug-likeness (QED) is 0.702. The highest BCUT2D eigenvalue weighted by atomic mass is 32.1. The largest absolute Gasteiger partial charge is 0.497 e. The monoisotopic (exact) mass is 365 g/mol. The van der Waals surface area contributed by atoms with E-state index >= 15 is 0 Å². The van der Waals surface area contributed by atoms with Crippen LogP contribution in [0, 0.1) is 0 Å². The predicted octanol–water partition coefficient (Wildman–Crippen LogP) is 4.84. The zero-order valence-electron chi connectivity index (χ0n) is 13.2. The van der Waals surface area contributed by atoms with Gasteiger partial charge in [-0.3, -0.25) is 4.98 Å². The summed E-state index contributed by atoms with van der Waals surface area (Å²) in [6.45, 7) is 0.327. The van der Waals surface area contributed by atoms with E-state index in [1.165, 1.54) is 17.4 Å². The van der Waals surface area contributed by atoms with E-state index in [2.05, 4.69) is 15.3 Å². The van der Waals surface area contributed by atoms with Crippen LogP contribution in [0.5, 0.6) is 5.75 Å². The van der Waals surface area contributed by atoms with Gasteiger partial charge < -0.3 is 10.1 Å². The second kappa shape index (κ2) is 7.10. The van der Waals surface area contributed by atoms with Crippen molar-refractivity contribution in [2.24, 2.45) is 0 Å². The van der Waals surface area contributed by atoms with Gasteiger partial charge in [0.25, 0.3) is 0 Å². The van der Waals surface area contributed by atoms with Crippen molar-refractivity contribution in [3.63, 3.8) is 0 Å². The van der Waals surface area contributed by atoms with Gasteiger partial charge in [-0.2, -0.15) is 13.2 Å². The molecule has 1 aromatic carbocycles. The van der Waals surface area contributed by atoms with E-state index in [-0.39, 0.29) is 0 Å². The Balaban J connectivity index is 1.67. The van der Waals surface area contributed by atoms with Gasteiger partial charge in [0.05, 0.1) is 19.3 Å². The number of hydrogen-bond acceptors (Lipinski definition) is 5. The zero-order chi connectivity index (χ0) is 17.9. The zero-order valence-corrected chi connectivity index (χ0v) is 14.0. The summed E-state index contributed by atoms with van der Waals surface area (Å²) in [5, 5.41) is 5.65. The van der Waals surface area contributed by atoms with Crippen molar-refractivity contribution >= 4 is 17.0 Å². The maximum absolute atomic E-state index is 12.7. The number of halogens is 3. The average molecular weight is 365 g/mol. The molecule has 0 saturated heterocycles. The minimum atomic E-state index is -4.46. The third kappa shape index (κ3) is 4.27. The molecule has 0 bridgehead atoms. The van der Waals surface area contributed by atoms with Gasteiger partial charge in [-0.1, -0.05) is 0 Å². The van der Waals surface area contributed by atoms with Gasteiger partial charge in [0.2, 0.25) is 0 Å². The molecule has 25 heavy (non-hydrogen) atoms. The molecule has 0 saturated carbocycles. The van der Waals surface area contributed by atoms with Crippen LogP contribution in [0.15, 0.2) is 48.0 Å². The Labute approximate surface area is 146 Å². The number of aromatic nitrogens is 2. The fourth-order valence-corrected chi connectivity index (χ4v) is 2.97. The summed E-state index contributed by atoms with van der Waals surface area (Å²) >= 11 is 1.47. The maximum atomic E-state index is 12.7. The molecular formula is C17H14F3N3OS. The minimum Gasteiger partial charge on any atom is -0.497 e. The van der Waals surface area contributed by atoms with Crippen molar-refractivity contribution < 1.29 is 17.9 Å². The molecule has 8 heteroatoms. The number of rotatable bonds is 5. The molecule has 0 radical (unpaired) electrons. The third-order valence-electron chi connectivity index (χ3n) is 3.41. The maximum Gasteiger partial charge on any atom is 0.433 e. The lowest BCUT2D eigenvalue weighted by molar-refractivity contribution is -0.141. The van der Waals surface area contributed by atoms with E-state index in [0.717, 1.165) is 34.3 Å². The second-order valence-electron chi connectivity index (χ2n) is 5.15. The molecular weight excluding hydrogens is 351 g/mol. The van der Waals surface area contributed by atoms with Crippen LogP contribution >= 0.6 is 11.3 Å². The van der Waals surface area contributed by atoms with E-state index in [4.69, 9.17) is 4.74 Å². The van der Waals surface area contributed by atoms with Crippen LogP contribution in [0.4, 0.5) is 18.9 Å². The van der Waals surface area contributed by atoms with E-state index in [9.17, 15) is 13.2 Å². The van der Waals surface area contributed by atoms with E-state index < -0.39 is 11.9 Å². The number of ether oxygens (including phenoxy) is 1. The Morgan fingerprint density at radius 2 is 1.92 bits per heavy atom.